The molecular weight excluding hydrogens is 460 g/mol. The predicted octanol–water partition coefficient (Wildman–Crippen LogP) is 1.03. The van der Waals surface area contributed by atoms with Gasteiger partial charge in [0.15, 0.2) is 0 Å². The van der Waals surface area contributed by atoms with Crippen LogP contribution in [-0.4, -0.2) is 57.8 Å². The summed E-state index contributed by atoms with van der Waals surface area (Å²) in [5, 5.41) is 22.7. The van der Waals surface area contributed by atoms with Crippen LogP contribution in [0.15, 0.2) is 49.1 Å². The molecule has 34 heavy (non-hydrogen) atoms. The lowest BCUT2D eigenvalue weighted by atomic mass is 10.1. The molecule has 1 aromatic carbocycles. The third-order valence-electron chi connectivity index (χ3n) is 5.70. The van der Waals surface area contributed by atoms with Crippen LogP contribution >= 0.6 is 0 Å². The zero-order valence-corrected chi connectivity index (χ0v) is 19.4. The van der Waals surface area contributed by atoms with Crippen molar-refractivity contribution in [2.45, 2.75) is 38.5 Å². The third kappa shape index (κ3) is 6.03. The molecule has 1 saturated carbocycles. The van der Waals surface area contributed by atoms with Gasteiger partial charge in [-0.3, -0.25) is 13.7 Å². The van der Waals surface area contributed by atoms with E-state index in [0.29, 0.717) is 25.2 Å². The van der Waals surface area contributed by atoms with Crippen LogP contribution in [0, 0.1) is 12.8 Å². The van der Waals surface area contributed by atoms with Crippen LogP contribution < -0.4 is 10.5 Å². The first kappa shape index (κ1) is 24.0. The van der Waals surface area contributed by atoms with Crippen molar-refractivity contribution in [2.75, 3.05) is 11.9 Å². The number of carbonyl (C=O) groups is 1. The molecule has 1 aliphatic carbocycles. The zero-order valence-electron chi connectivity index (χ0n) is 18.5. The number of nitrogens with zero attached hydrogens (tertiary/aromatic N) is 4. The van der Waals surface area contributed by atoms with E-state index in [2.05, 4.69) is 30.6 Å². The second-order valence-electron chi connectivity index (χ2n) is 8.42. The van der Waals surface area contributed by atoms with Gasteiger partial charge in [0.05, 0.1) is 24.8 Å². The van der Waals surface area contributed by atoms with Crippen molar-refractivity contribution < 1.29 is 22.5 Å². The highest BCUT2D eigenvalue weighted by Gasteiger charge is 2.34. The van der Waals surface area contributed by atoms with Crippen LogP contribution in [0.25, 0.3) is 0 Å². The number of aliphatic hydroxyl groups excluding tert-OH is 1. The van der Waals surface area contributed by atoms with Crippen LogP contribution in [0.4, 0.5) is 5.82 Å². The summed E-state index contributed by atoms with van der Waals surface area (Å²) in [6, 6.07) is 9.46. The Balaban J connectivity index is 1.44. The fourth-order valence-corrected chi connectivity index (χ4v) is 4.46. The molecule has 2 heterocycles. The number of hydrogen-bond donors (Lipinski definition) is 3. The molecule has 2 aromatic heterocycles. The second kappa shape index (κ2) is 9.97. The number of nitrogens with two attached hydrogens (primary N) is 1. The Hall–Kier alpha value is -3.19. The maximum Gasteiger partial charge on any atom is 0.333 e. The molecule has 0 spiro atoms. The Morgan fingerprint density at radius 2 is 2.15 bits per heavy atom. The fourth-order valence-electron chi connectivity index (χ4n) is 4.09. The molecular formula is C22H26N6O5S. The van der Waals surface area contributed by atoms with E-state index in [1.54, 1.807) is 16.9 Å². The molecule has 180 valence electrons. The Morgan fingerprint density at radius 1 is 1.32 bits per heavy atom. The van der Waals surface area contributed by atoms with Gasteiger partial charge in [0.25, 0.3) is 0 Å². The van der Waals surface area contributed by atoms with Crippen LogP contribution in [0.5, 0.6) is 0 Å². The van der Waals surface area contributed by atoms with Crippen molar-refractivity contribution >= 4 is 21.9 Å². The van der Waals surface area contributed by atoms with Gasteiger partial charge in [0, 0.05) is 24.4 Å². The normalized spacial score (nSPS) is 20.4. The van der Waals surface area contributed by atoms with E-state index >= 15 is 0 Å². The molecule has 11 nitrogen and oxygen atoms in total. The molecule has 3 atom stereocenters. The van der Waals surface area contributed by atoms with Gasteiger partial charge in [-0.25, -0.2) is 15.1 Å². The van der Waals surface area contributed by atoms with Crippen molar-refractivity contribution in [2.24, 2.45) is 11.1 Å². The lowest BCUT2D eigenvalue weighted by Crippen LogP contribution is -2.24. The summed E-state index contributed by atoms with van der Waals surface area (Å²) in [6.07, 6.45) is 4.46. The summed E-state index contributed by atoms with van der Waals surface area (Å²) >= 11 is 0. The van der Waals surface area contributed by atoms with Gasteiger partial charge < -0.3 is 10.4 Å². The molecule has 0 aliphatic heterocycles. The predicted molar refractivity (Wildman–Crippen MR) is 123 cm³/mol. The molecule has 3 unspecified atom stereocenters. The number of nitrogens with one attached hydrogen (secondary N) is 1. The number of carbonyl (C=O) groups excluding carboxylic acids is 1. The molecule has 12 heteroatoms. The maximum atomic E-state index is 13.2. The number of aryl methyl sites for hydroxylation is 1. The van der Waals surface area contributed by atoms with E-state index in [-0.39, 0.29) is 29.7 Å². The number of ketones is 1. The smallest absolute Gasteiger partial charge is 0.333 e. The van der Waals surface area contributed by atoms with Crippen molar-refractivity contribution in [1.82, 2.24) is 19.7 Å². The molecule has 4 N–H and O–H groups in total. The van der Waals surface area contributed by atoms with Crippen LogP contribution in [-0.2, 0) is 21.0 Å². The molecule has 4 rings (SSSR count). The number of benzene rings is 1. The van der Waals surface area contributed by atoms with E-state index in [0.717, 1.165) is 11.1 Å². The minimum absolute atomic E-state index is 0.216. The Labute approximate surface area is 197 Å². The number of aromatic nitrogens is 4. The minimum atomic E-state index is -4.09. The van der Waals surface area contributed by atoms with Crippen molar-refractivity contribution in [1.29, 1.82) is 0 Å². The third-order valence-corrected chi connectivity index (χ3v) is 6.17. The van der Waals surface area contributed by atoms with Gasteiger partial charge in [0.1, 0.15) is 17.8 Å². The quantitative estimate of drug-likeness (QED) is 0.375. The molecule has 0 saturated heterocycles. The summed E-state index contributed by atoms with van der Waals surface area (Å²) in [5.41, 5.74) is 2.74. The van der Waals surface area contributed by atoms with Gasteiger partial charge in [-0.15, -0.1) is 0 Å². The van der Waals surface area contributed by atoms with Crippen LogP contribution in [0.3, 0.4) is 0 Å². The monoisotopic (exact) mass is 486 g/mol. The lowest BCUT2D eigenvalue weighted by molar-refractivity contribution is 0.101. The standard InChI is InChI=1S/C22H26N6O5S/c1-14-3-2-4-15(7-14)11-28-6-5-19(27-28)21(30)18-10-24-13-25-22(18)26-17-8-16(20(29)9-17)12-33-34(23,31)32/h2-7,10,13,16-17,20,29H,8-9,11-12H2,1H3,(H2,23,31,32)(H,24,25,26). The lowest BCUT2D eigenvalue weighted by Gasteiger charge is -2.15. The average Bonchev–Trinajstić information content (AvgIpc) is 3.38. The molecule has 0 radical (unpaired) electrons. The highest BCUT2D eigenvalue weighted by atomic mass is 32.2. The van der Waals surface area contributed by atoms with E-state index in [1.807, 2.05) is 25.1 Å². The fraction of sp³-hybridized carbons (Fsp3) is 0.364. The minimum Gasteiger partial charge on any atom is -0.393 e. The Kier molecular flexibility index (Phi) is 7.03. The molecule has 1 fully saturated rings. The van der Waals surface area contributed by atoms with Gasteiger partial charge in [-0.05, 0) is 31.4 Å². The number of aliphatic hydroxyl groups is 1. The summed E-state index contributed by atoms with van der Waals surface area (Å²) < 4.78 is 28.4. The number of anilines is 1. The van der Waals surface area contributed by atoms with E-state index in [9.17, 15) is 18.3 Å². The molecule has 1 aliphatic rings. The van der Waals surface area contributed by atoms with Crippen LogP contribution in [0.1, 0.15) is 40.0 Å². The van der Waals surface area contributed by atoms with E-state index in [1.165, 1.54) is 12.5 Å². The van der Waals surface area contributed by atoms with Gasteiger partial charge >= 0.3 is 10.3 Å². The maximum absolute atomic E-state index is 13.2. The number of rotatable bonds is 9. The molecule has 0 amide bonds. The largest absolute Gasteiger partial charge is 0.393 e. The van der Waals surface area contributed by atoms with Gasteiger partial charge in [-0.2, -0.15) is 13.5 Å². The van der Waals surface area contributed by atoms with Crippen molar-refractivity contribution in [3.8, 4) is 0 Å². The summed E-state index contributed by atoms with van der Waals surface area (Å²) in [5.74, 6) is -0.439. The van der Waals surface area contributed by atoms with E-state index in [4.69, 9.17) is 5.14 Å². The topological polar surface area (TPSA) is 162 Å². The molecule has 0 bridgehead atoms. The summed E-state index contributed by atoms with van der Waals surface area (Å²) in [7, 11) is -4.09. The summed E-state index contributed by atoms with van der Waals surface area (Å²) in [4.78, 5) is 21.3. The highest BCUT2D eigenvalue weighted by Crippen LogP contribution is 2.30. The first-order chi connectivity index (χ1) is 16.2. The molecule has 3 aromatic rings. The van der Waals surface area contributed by atoms with Gasteiger partial charge in [-0.1, -0.05) is 29.8 Å². The Bertz CT molecular complexity index is 1280. The highest BCUT2D eigenvalue weighted by molar-refractivity contribution is 7.84. The average molecular weight is 487 g/mol. The zero-order chi connectivity index (χ0) is 24.3. The van der Waals surface area contributed by atoms with Crippen LogP contribution in [0.2, 0.25) is 0 Å². The second-order valence-corrected chi connectivity index (χ2v) is 9.64. The first-order valence-corrected chi connectivity index (χ1v) is 12.2. The van der Waals surface area contributed by atoms with Gasteiger partial charge in [0.2, 0.25) is 5.78 Å². The van der Waals surface area contributed by atoms with Crippen molar-refractivity contribution in [3.63, 3.8) is 0 Å². The number of hydrogen-bond acceptors (Lipinski definition) is 9. The first-order valence-electron chi connectivity index (χ1n) is 10.7. The van der Waals surface area contributed by atoms with E-state index < -0.39 is 22.3 Å². The Morgan fingerprint density at radius 3 is 2.91 bits per heavy atom. The SMILES string of the molecule is Cc1cccc(Cn2ccc(C(=O)c3cncnc3NC3CC(O)C(COS(N)(=O)=O)C3)n2)c1. The van der Waals surface area contributed by atoms with Crippen molar-refractivity contribution in [3.05, 3.63) is 71.4 Å². The summed E-state index contributed by atoms with van der Waals surface area (Å²) in [6.45, 7) is 2.34.